The molecule has 166 valence electrons. The first-order chi connectivity index (χ1) is 15.5. The fraction of sp³-hybridized carbons (Fsp3) is 0.280. The van der Waals surface area contributed by atoms with Gasteiger partial charge in [0.15, 0.2) is 11.5 Å². The number of furan rings is 2. The van der Waals surface area contributed by atoms with Crippen molar-refractivity contribution in [3.63, 3.8) is 0 Å². The van der Waals surface area contributed by atoms with Crippen LogP contribution in [0.15, 0.2) is 75.0 Å². The first-order valence-electron chi connectivity index (χ1n) is 10.6. The number of nitrogens with zero attached hydrogens (tertiary/aromatic N) is 1. The van der Waals surface area contributed by atoms with Gasteiger partial charge in [-0.15, -0.1) is 0 Å². The standard InChI is InChI=1S/C25H25NO6/c1-3-4-12-30-18-8-5-7-17(14-18)22-21(23(27)20-11-10-16(2)32-20)24(28)25(29)26(22)15-19-9-6-13-31-19/h5-11,13-14,22,28H,3-4,12,15H2,1-2H3/t22-/m1/s1. The molecule has 0 fully saturated rings. The molecule has 1 atom stereocenters. The van der Waals surface area contributed by atoms with E-state index >= 15 is 0 Å². The number of ether oxygens (including phenoxy) is 1. The Morgan fingerprint density at radius 2 is 2.03 bits per heavy atom. The maximum atomic E-state index is 13.3. The van der Waals surface area contributed by atoms with Gasteiger partial charge in [-0.3, -0.25) is 9.59 Å². The molecule has 7 heteroatoms. The Morgan fingerprint density at radius 3 is 2.72 bits per heavy atom. The summed E-state index contributed by atoms with van der Waals surface area (Å²) < 4.78 is 16.7. The minimum Gasteiger partial charge on any atom is -0.503 e. The molecule has 1 aliphatic heterocycles. The maximum Gasteiger partial charge on any atom is 0.290 e. The number of carbonyl (C=O) groups is 2. The summed E-state index contributed by atoms with van der Waals surface area (Å²) in [5.74, 6) is 0.0361. The quantitative estimate of drug-likeness (QED) is 0.370. The number of hydrogen-bond donors (Lipinski definition) is 1. The van der Waals surface area contributed by atoms with E-state index in [9.17, 15) is 14.7 Å². The minimum atomic E-state index is -0.819. The molecule has 7 nitrogen and oxygen atoms in total. The number of amides is 1. The fourth-order valence-electron chi connectivity index (χ4n) is 3.76. The van der Waals surface area contributed by atoms with Crippen LogP contribution in [0, 0.1) is 6.92 Å². The molecule has 1 aromatic carbocycles. The zero-order valence-electron chi connectivity index (χ0n) is 18.0. The van der Waals surface area contributed by atoms with Crippen molar-refractivity contribution in [2.75, 3.05) is 6.61 Å². The lowest BCUT2D eigenvalue weighted by Crippen LogP contribution is -2.30. The van der Waals surface area contributed by atoms with Gasteiger partial charge in [-0.2, -0.15) is 0 Å². The highest BCUT2D eigenvalue weighted by molar-refractivity contribution is 6.15. The molecule has 0 spiro atoms. The van der Waals surface area contributed by atoms with Crippen molar-refractivity contribution in [1.82, 2.24) is 4.90 Å². The number of hydrogen-bond acceptors (Lipinski definition) is 6. The topological polar surface area (TPSA) is 93.1 Å². The van der Waals surface area contributed by atoms with Gasteiger partial charge in [0.25, 0.3) is 5.91 Å². The molecule has 1 amide bonds. The second kappa shape index (κ2) is 9.18. The molecule has 3 aromatic rings. The molecule has 0 saturated carbocycles. The first-order valence-corrected chi connectivity index (χ1v) is 10.6. The Balaban J connectivity index is 1.74. The summed E-state index contributed by atoms with van der Waals surface area (Å²) in [6.45, 7) is 4.47. The molecule has 2 aromatic heterocycles. The predicted octanol–water partition coefficient (Wildman–Crippen LogP) is 5.14. The summed E-state index contributed by atoms with van der Waals surface area (Å²) in [6, 6.07) is 13.1. The fourth-order valence-corrected chi connectivity index (χ4v) is 3.76. The first kappa shape index (κ1) is 21.5. The number of Topliss-reactive ketones (excluding diaryl/α,β-unsaturated/α-hetero) is 1. The summed E-state index contributed by atoms with van der Waals surface area (Å²) >= 11 is 0. The number of ketones is 1. The summed E-state index contributed by atoms with van der Waals surface area (Å²) in [4.78, 5) is 27.7. The van der Waals surface area contributed by atoms with Crippen LogP contribution in [0.25, 0.3) is 0 Å². The minimum absolute atomic E-state index is 0.0263. The number of benzene rings is 1. The smallest absolute Gasteiger partial charge is 0.290 e. The van der Waals surface area contributed by atoms with Crippen molar-refractivity contribution in [1.29, 1.82) is 0 Å². The molecule has 1 N–H and O–H groups in total. The van der Waals surface area contributed by atoms with E-state index in [1.54, 1.807) is 49.4 Å². The molecule has 32 heavy (non-hydrogen) atoms. The van der Waals surface area contributed by atoms with Crippen LogP contribution in [0.2, 0.25) is 0 Å². The zero-order chi connectivity index (χ0) is 22.7. The molecule has 0 radical (unpaired) electrons. The number of carbonyl (C=O) groups excluding carboxylic acids is 2. The van der Waals surface area contributed by atoms with Crippen LogP contribution in [0.4, 0.5) is 0 Å². The number of rotatable bonds is 9. The molecule has 4 rings (SSSR count). The van der Waals surface area contributed by atoms with Gasteiger partial charge >= 0.3 is 0 Å². The lowest BCUT2D eigenvalue weighted by Gasteiger charge is -2.26. The van der Waals surface area contributed by atoms with E-state index in [1.807, 2.05) is 6.07 Å². The maximum absolute atomic E-state index is 13.3. The second-order valence-corrected chi connectivity index (χ2v) is 7.69. The zero-order valence-corrected chi connectivity index (χ0v) is 18.0. The molecule has 0 aliphatic carbocycles. The average molecular weight is 435 g/mol. The third-order valence-corrected chi connectivity index (χ3v) is 5.36. The Bertz CT molecular complexity index is 1140. The van der Waals surface area contributed by atoms with Gasteiger partial charge < -0.3 is 23.6 Å². The van der Waals surface area contributed by atoms with Crippen LogP contribution in [0.1, 0.15) is 53.4 Å². The van der Waals surface area contributed by atoms with Gasteiger partial charge in [-0.25, -0.2) is 0 Å². The SMILES string of the molecule is CCCCOc1cccc([C@@H]2C(C(=O)c3ccc(C)o3)=C(O)C(=O)N2Cc2ccco2)c1. The highest BCUT2D eigenvalue weighted by atomic mass is 16.5. The predicted molar refractivity (Wildman–Crippen MR) is 116 cm³/mol. The van der Waals surface area contributed by atoms with Crippen molar-refractivity contribution < 1.29 is 28.3 Å². The monoisotopic (exact) mass is 435 g/mol. The summed E-state index contributed by atoms with van der Waals surface area (Å²) in [5.41, 5.74) is 0.621. The van der Waals surface area contributed by atoms with Crippen LogP contribution in [0.3, 0.4) is 0 Å². The van der Waals surface area contributed by atoms with Crippen LogP contribution in [-0.4, -0.2) is 28.3 Å². The Morgan fingerprint density at radius 1 is 1.19 bits per heavy atom. The Hall–Kier alpha value is -3.74. The largest absolute Gasteiger partial charge is 0.503 e. The normalized spacial score (nSPS) is 16.1. The molecule has 0 saturated heterocycles. The van der Waals surface area contributed by atoms with Gasteiger partial charge in [0.1, 0.15) is 17.3 Å². The summed E-state index contributed by atoms with van der Waals surface area (Å²) in [5, 5.41) is 10.7. The van der Waals surface area contributed by atoms with Crippen molar-refractivity contribution in [2.45, 2.75) is 39.3 Å². The van der Waals surface area contributed by atoms with E-state index in [1.165, 1.54) is 11.2 Å². The number of aliphatic hydroxyl groups is 1. The van der Waals surface area contributed by atoms with Crippen molar-refractivity contribution >= 4 is 11.7 Å². The number of unbranched alkanes of at least 4 members (excludes halogenated alkanes) is 1. The lowest BCUT2D eigenvalue weighted by atomic mass is 9.95. The van der Waals surface area contributed by atoms with E-state index in [2.05, 4.69) is 6.92 Å². The van der Waals surface area contributed by atoms with E-state index in [0.29, 0.717) is 29.4 Å². The van der Waals surface area contributed by atoms with Gasteiger partial charge in [0.05, 0.1) is 31.0 Å². The van der Waals surface area contributed by atoms with Crippen LogP contribution < -0.4 is 4.74 Å². The van der Waals surface area contributed by atoms with Crippen molar-refractivity contribution in [3.05, 3.63) is 89.0 Å². The lowest BCUT2D eigenvalue weighted by molar-refractivity contribution is -0.130. The summed E-state index contributed by atoms with van der Waals surface area (Å²) in [6.07, 6.45) is 3.43. The van der Waals surface area contributed by atoms with Crippen molar-refractivity contribution in [2.24, 2.45) is 0 Å². The number of aliphatic hydroxyl groups excluding tert-OH is 1. The van der Waals surface area contributed by atoms with Gasteiger partial charge in [0, 0.05) is 0 Å². The molecule has 0 bridgehead atoms. The molecule has 3 heterocycles. The average Bonchev–Trinajstić information content (AvgIpc) is 3.51. The molecule has 0 unspecified atom stereocenters. The van der Waals surface area contributed by atoms with Gasteiger partial charge in [-0.05, 0) is 55.3 Å². The van der Waals surface area contributed by atoms with Crippen LogP contribution in [0.5, 0.6) is 5.75 Å². The molecule has 1 aliphatic rings. The van der Waals surface area contributed by atoms with E-state index in [-0.39, 0.29) is 17.9 Å². The highest BCUT2D eigenvalue weighted by Crippen LogP contribution is 2.41. The molecular formula is C25H25NO6. The van der Waals surface area contributed by atoms with Gasteiger partial charge in [0.2, 0.25) is 5.78 Å². The third-order valence-electron chi connectivity index (χ3n) is 5.36. The van der Waals surface area contributed by atoms with Crippen LogP contribution in [-0.2, 0) is 11.3 Å². The third kappa shape index (κ3) is 4.19. The second-order valence-electron chi connectivity index (χ2n) is 7.69. The highest BCUT2D eigenvalue weighted by Gasteiger charge is 2.44. The Labute approximate surface area is 185 Å². The number of aryl methyl sites for hydroxylation is 1. The summed E-state index contributed by atoms with van der Waals surface area (Å²) in [7, 11) is 0. The van der Waals surface area contributed by atoms with E-state index in [0.717, 1.165) is 12.8 Å². The van der Waals surface area contributed by atoms with Crippen LogP contribution >= 0.6 is 0 Å². The van der Waals surface area contributed by atoms with Gasteiger partial charge in [-0.1, -0.05) is 25.5 Å². The van der Waals surface area contributed by atoms with Crippen molar-refractivity contribution in [3.8, 4) is 5.75 Å². The van der Waals surface area contributed by atoms with E-state index < -0.39 is 23.5 Å². The Kier molecular flexibility index (Phi) is 6.16. The molecular weight excluding hydrogens is 410 g/mol. The van der Waals surface area contributed by atoms with E-state index in [4.69, 9.17) is 13.6 Å².